The number of anilines is 1. The lowest BCUT2D eigenvalue weighted by atomic mass is 9.96. The van der Waals surface area contributed by atoms with Gasteiger partial charge in [-0.15, -0.1) is 11.3 Å². The highest BCUT2D eigenvalue weighted by molar-refractivity contribution is 7.09. The lowest BCUT2D eigenvalue weighted by molar-refractivity contribution is 0.0602. The maximum atomic E-state index is 13.2. The summed E-state index contributed by atoms with van der Waals surface area (Å²) in [5, 5.41) is 4.92. The third kappa shape index (κ3) is 4.00. The molecule has 142 valence electrons. The Bertz CT molecular complexity index is 806. The minimum atomic E-state index is -0.0913. The van der Waals surface area contributed by atoms with E-state index in [2.05, 4.69) is 27.7 Å². The van der Waals surface area contributed by atoms with Crippen molar-refractivity contribution in [1.29, 1.82) is 0 Å². The molecule has 0 unspecified atom stereocenters. The van der Waals surface area contributed by atoms with Crippen molar-refractivity contribution < 1.29 is 9.59 Å². The summed E-state index contributed by atoms with van der Waals surface area (Å²) < 4.78 is 0. The normalized spacial score (nSPS) is 20.0. The van der Waals surface area contributed by atoms with Crippen LogP contribution in [0.15, 0.2) is 41.8 Å². The van der Waals surface area contributed by atoms with E-state index in [1.165, 1.54) is 11.3 Å². The predicted molar refractivity (Wildman–Crippen MR) is 109 cm³/mol. The molecular formula is C21H25N3O2S. The van der Waals surface area contributed by atoms with E-state index in [-0.39, 0.29) is 11.9 Å². The van der Waals surface area contributed by atoms with Gasteiger partial charge in [-0.3, -0.25) is 9.69 Å². The molecule has 0 bridgehead atoms. The number of aryl methyl sites for hydroxylation is 1. The highest BCUT2D eigenvalue weighted by Crippen LogP contribution is 2.26. The van der Waals surface area contributed by atoms with Crippen molar-refractivity contribution in [2.75, 3.05) is 24.5 Å². The number of rotatable bonds is 5. The number of benzene rings is 1. The van der Waals surface area contributed by atoms with Crippen LogP contribution in [0.1, 0.15) is 40.9 Å². The van der Waals surface area contributed by atoms with Crippen LogP contribution in [0.2, 0.25) is 0 Å². The van der Waals surface area contributed by atoms with Gasteiger partial charge in [-0.25, -0.2) is 4.79 Å². The van der Waals surface area contributed by atoms with Crippen molar-refractivity contribution in [2.45, 2.75) is 38.1 Å². The van der Waals surface area contributed by atoms with E-state index < -0.39 is 0 Å². The molecule has 0 spiro atoms. The van der Waals surface area contributed by atoms with E-state index in [0.717, 1.165) is 37.9 Å². The van der Waals surface area contributed by atoms with Crippen molar-refractivity contribution in [1.82, 2.24) is 10.2 Å². The maximum Gasteiger partial charge on any atom is 0.321 e. The van der Waals surface area contributed by atoms with E-state index in [0.29, 0.717) is 24.7 Å². The second-order valence-corrected chi connectivity index (χ2v) is 8.23. The lowest BCUT2D eigenvalue weighted by Crippen LogP contribution is -2.44. The van der Waals surface area contributed by atoms with Crippen LogP contribution in [0.4, 0.5) is 10.5 Å². The molecule has 2 aliphatic rings. The van der Waals surface area contributed by atoms with Crippen molar-refractivity contribution in [3.8, 4) is 0 Å². The summed E-state index contributed by atoms with van der Waals surface area (Å²) in [6.45, 7) is 2.11. The summed E-state index contributed by atoms with van der Waals surface area (Å²) in [5.41, 5.74) is 1.47. The molecule has 6 heteroatoms. The van der Waals surface area contributed by atoms with E-state index in [1.807, 2.05) is 24.3 Å². The Morgan fingerprint density at radius 2 is 2.11 bits per heavy atom. The molecule has 2 saturated heterocycles. The Hall–Kier alpha value is -2.34. The van der Waals surface area contributed by atoms with Gasteiger partial charge in [0.1, 0.15) is 0 Å². The number of nitrogens with zero attached hydrogens (tertiary/aromatic N) is 2. The van der Waals surface area contributed by atoms with Gasteiger partial charge in [-0.1, -0.05) is 12.1 Å². The molecule has 3 amide bonds. The van der Waals surface area contributed by atoms with E-state index >= 15 is 0 Å². The molecule has 5 nitrogen and oxygen atoms in total. The monoisotopic (exact) mass is 383 g/mol. The minimum Gasteiger partial charge on any atom is -0.336 e. The van der Waals surface area contributed by atoms with Crippen molar-refractivity contribution >= 4 is 29.0 Å². The SMILES string of the molecule is O=C1NCCN1c1cccc(C(=O)N2CCCC[C@H]2CCc2cccs2)c1. The molecule has 4 rings (SSSR count). The van der Waals surface area contributed by atoms with Gasteiger partial charge in [0.05, 0.1) is 0 Å². The van der Waals surface area contributed by atoms with Crippen LogP contribution >= 0.6 is 11.3 Å². The fraction of sp³-hybridized carbons (Fsp3) is 0.429. The fourth-order valence-corrected chi connectivity index (χ4v) is 4.75. The smallest absolute Gasteiger partial charge is 0.321 e. The van der Waals surface area contributed by atoms with Gasteiger partial charge in [-0.05, 0) is 61.7 Å². The van der Waals surface area contributed by atoms with Crippen LogP contribution < -0.4 is 10.2 Å². The maximum absolute atomic E-state index is 13.2. The highest BCUT2D eigenvalue weighted by Gasteiger charge is 2.28. The van der Waals surface area contributed by atoms with Crippen LogP contribution in [0, 0.1) is 0 Å². The van der Waals surface area contributed by atoms with Gasteiger partial charge in [0.15, 0.2) is 0 Å². The second-order valence-electron chi connectivity index (χ2n) is 7.20. The van der Waals surface area contributed by atoms with Crippen LogP contribution in [0.25, 0.3) is 0 Å². The second kappa shape index (κ2) is 8.13. The Morgan fingerprint density at radius 1 is 1.19 bits per heavy atom. The van der Waals surface area contributed by atoms with Crippen LogP contribution in [0.3, 0.4) is 0 Å². The van der Waals surface area contributed by atoms with E-state index in [9.17, 15) is 9.59 Å². The van der Waals surface area contributed by atoms with Gasteiger partial charge in [0.25, 0.3) is 5.91 Å². The number of urea groups is 1. The zero-order valence-corrected chi connectivity index (χ0v) is 16.2. The van der Waals surface area contributed by atoms with Gasteiger partial charge in [0.2, 0.25) is 0 Å². The first-order valence-corrected chi connectivity index (χ1v) is 10.6. The molecule has 0 radical (unpaired) electrons. The van der Waals surface area contributed by atoms with Gasteiger partial charge in [-0.2, -0.15) is 0 Å². The average Bonchev–Trinajstić information content (AvgIpc) is 3.38. The number of piperidine rings is 1. The average molecular weight is 384 g/mol. The minimum absolute atomic E-state index is 0.0901. The molecule has 2 aromatic rings. The number of hydrogen-bond acceptors (Lipinski definition) is 3. The molecule has 3 heterocycles. The molecule has 2 aliphatic heterocycles. The Balaban J connectivity index is 1.48. The summed E-state index contributed by atoms with van der Waals surface area (Å²) in [7, 11) is 0. The van der Waals surface area contributed by atoms with Crippen LogP contribution in [-0.2, 0) is 6.42 Å². The summed E-state index contributed by atoms with van der Waals surface area (Å²) in [5.74, 6) is 0.0901. The number of thiophene rings is 1. The quantitative estimate of drug-likeness (QED) is 0.851. The first-order valence-electron chi connectivity index (χ1n) is 9.71. The van der Waals surface area contributed by atoms with Gasteiger partial charge in [0, 0.05) is 41.8 Å². The Kier molecular flexibility index (Phi) is 5.43. The summed E-state index contributed by atoms with van der Waals surface area (Å²) in [6, 6.07) is 12.0. The largest absolute Gasteiger partial charge is 0.336 e. The van der Waals surface area contributed by atoms with Gasteiger partial charge >= 0.3 is 6.03 Å². The number of likely N-dealkylation sites (tertiary alicyclic amines) is 1. The number of hydrogen-bond donors (Lipinski definition) is 1. The zero-order valence-electron chi connectivity index (χ0n) is 15.4. The molecule has 27 heavy (non-hydrogen) atoms. The van der Waals surface area contributed by atoms with E-state index in [1.54, 1.807) is 16.2 Å². The Morgan fingerprint density at radius 3 is 2.89 bits per heavy atom. The number of carbonyl (C=O) groups excluding carboxylic acids is 2. The zero-order chi connectivity index (χ0) is 18.6. The number of amides is 3. The third-order valence-corrected chi connectivity index (χ3v) is 6.39. The van der Waals surface area contributed by atoms with Crippen molar-refractivity contribution in [2.24, 2.45) is 0 Å². The predicted octanol–water partition coefficient (Wildman–Crippen LogP) is 3.91. The summed E-state index contributed by atoms with van der Waals surface area (Å²) >= 11 is 1.79. The molecule has 1 atom stereocenters. The highest BCUT2D eigenvalue weighted by atomic mass is 32.1. The van der Waals surface area contributed by atoms with Gasteiger partial charge < -0.3 is 10.2 Å². The Labute approximate surface area is 164 Å². The molecule has 0 aliphatic carbocycles. The fourth-order valence-electron chi connectivity index (χ4n) is 4.02. The molecular weight excluding hydrogens is 358 g/mol. The van der Waals surface area contributed by atoms with Crippen LogP contribution in [-0.4, -0.2) is 42.5 Å². The number of nitrogens with one attached hydrogen (secondary N) is 1. The third-order valence-electron chi connectivity index (χ3n) is 5.45. The first-order chi connectivity index (χ1) is 13.2. The standard InChI is InChI=1S/C21H25N3O2S/c25-20(16-5-3-7-18(15-16)24-13-11-22-21(24)26)23-12-2-1-6-17(23)9-10-19-8-4-14-27-19/h3-5,7-8,14-15,17H,1-2,6,9-13H2,(H,22,26)/t17-/m0/s1. The lowest BCUT2D eigenvalue weighted by Gasteiger charge is -2.36. The van der Waals surface area contributed by atoms with Crippen molar-refractivity contribution in [3.05, 3.63) is 52.2 Å². The van der Waals surface area contributed by atoms with Crippen LogP contribution in [0.5, 0.6) is 0 Å². The topological polar surface area (TPSA) is 52.7 Å². The molecule has 1 N–H and O–H groups in total. The number of carbonyl (C=O) groups is 2. The van der Waals surface area contributed by atoms with E-state index in [4.69, 9.17) is 0 Å². The summed E-state index contributed by atoms with van der Waals surface area (Å²) in [6.07, 6.45) is 5.37. The molecule has 2 fully saturated rings. The summed E-state index contributed by atoms with van der Waals surface area (Å²) in [4.78, 5) is 30.3. The van der Waals surface area contributed by atoms with Crippen molar-refractivity contribution in [3.63, 3.8) is 0 Å². The molecule has 1 aromatic carbocycles. The molecule has 0 saturated carbocycles. The molecule has 1 aromatic heterocycles. The first kappa shape index (κ1) is 18.0.